The van der Waals surface area contributed by atoms with Crippen LogP contribution in [0.2, 0.25) is 0 Å². The van der Waals surface area contributed by atoms with Gasteiger partial charge in [0, 0.05) is 18.4 Å². The quantitative estimate of drug-likeness (QED) is 0.902. The normalized spacial score (nSPS) is 22.6. The molecule has 5 nitrogen and oxygen atoms in total. The summed E-state index contributed by atoms with van der Waals surface area (Å²) in [5.41, 5.74) is 1.02. The first kappa shape index (κ1) is 13.0. The van der Waals surface area contributed by atoms with Crippen LogP contribution in [0.5, 0.6) is 5.75 Å². The lowest BCUT2D eigenvalue weighted by molar-refractivity contribution is -0.120. The van der Waals surface area contributed by atoms with E-state index in [2.05, 4.69) is 15.5 Å². The third kappa shape index (κ3) is 2.92. The van der Waals surface area contributed by atoms with Crippen LogP contribution in [-0.4, -0.2) is 28.3 Å². The van der Waals surface area contributed by atoms with Crippen molar-refractivity contribution in [2.45, 2.75) is 44.8 Å². The molecular formula is C15H19N3O2. The Balaban J connectivity index is 1.57. The molecule has 3 rings (SSSR count). The highest BCUT2D eigenvalue weighted by Crippen LogP contribution is 2.25. The molecule has 0 bridgehead atoms. The maximum atomic E-state index is 11.0. The first-order valence-electron chi connectivity index (χ1n) is 7.07. The number of hydrogen-bond acceptors (Lipinski definition) is 3. The van der Waals surface area contributed by atoms with Gasteiger partial charge in [-0.15, -0.1) is 0 Å². The van der Waals surface area contributed by atoms with E-state index < -0.39 is 0 Å². The second-order valence-corrected chi connectivity index (χ2v) is 5.41. The zero-order chi connectivity index (χ0) is 13.9. The number of H-pyrrole nitrogens is 1. The van der Waals surface area contributed by atoms with E-state index in [-0.39, 0.29) is 12.0 Å². The van der Waals surface area contributed by atoms with Gasteiger partial charge in [-0.3, -0.25) is 9.89 Å². The first-order valence-corrected chi connectivity index (χ1v) is 7.07. The minimum atomic E-state index is 0.0553. The van der Waals surface area contributed by atoms with E-state index >= 15 is 0 Å². The number of hydrogen-bond donors (Lipinski definition) is 2. The molecule has 1 heterocycles. The van der Waals surface area contributed by atoms with Gasteiger partial charge in [-0.25, -0.2) is 0 Å². The van der Waals surface area contributed by atoms with E-state index in [1.54, 1.807) is 13.1 Å². The number of fused-ring (bicyclic) bond motifs is 1. The molecule has 2 aromatic rings. The van der Waals surface area contributed by atoms with E-state index in [0.717, 1.165) is 42.3 Å². The second-order valence-electron chi connectivity index (χ2n) is 5.41. The average molecular weight is 273 g/mol. The molecule has 20 heavy (non-hydrogen) atoms. The van der Waals surface area contributed by atoms with Crippen molar-refractivity contribution in [3.63, 3.8) is 0 Å². The summed E-state index contributed by atoms with van der Waals surface area (Å²) in [6.07, 6.45) is 5.97. The number of ether oxygens (including phenoxy) is 1. The predicted molar refractivity (Wildman–Crippen MR) is 76.6 cm³/mol. The molecule has 1 fully saturated rings. The van der Waals surface area contributed by atoms with Crippen molar-refractivity contribution in [3.8, 4) is 5.75 Å². The van der Waals surface area contributed by atoms with Gasteiger partial charge in [-0.1, -0.05) is 0 Å². The van der Waals surface area contributed by atoms with Gasteiger partial charge in [-0.05, 0) is 43.9 Å². The van der Waals surface area contributed by atoms with Gasteiger partial charge >= 0.3 is 0 Å². The number of carbonyl (C=O) groups is 1. The van der Waals surface area contributed by atoms with Crippen LogP contribution in [-0.2, 0) is 4.79 Å². The van der Waals surface area contributed by atoms with E-state index in [9.17, 15) is 4.79 Å². The second kappa shape index (κ2) is 5.53. The van der Waals surface area contributed by atoms with Crippen molar-refractivity contribution in [1.82, 2.24) is 15.5 Å². The number of amides is 1. The SMILES string of the molecule is CC(=O)NC1CCC(Oc2ccc3[nH]ncc3c2)CC1. The third-order valence-electron chi connectivity index (χ3n) is 3.80. The maximum Gasteiger partial charge on any atom is 0.217 e. The smallest absolute Gasteiger partial charge is 0.217 e. The van der Waals surface area contributed by atoms with Crippen molar-refractivity contribution in [1.29, 1.82) is 0 Å². The van der Waals surface area contributed by atoms with Gasteiger partial charge in [0.25, 0.3) is 0 Å². The molecule has 0 atom stereocenters. The fourth-order valence-electron chi connectivity index (χ4n) is 2.80. The van der Waals surface area contributed by atoms with Crippen molar-refractivity contribution in [2.75, 3.05) is 0 Å². The summed E-state index contributed by atoms with van der Waals surface area (Å²) >= 11 is 0. The lowest BCUT2D eigenvalue weighted by Crippen LogP contribution is -2.38. The molecule has 5 heteroatoms. The molecule has 1 saturated carbocycles. The van der Waals surface area contributed by atoms with Gasteiger partial charge in [-0.2, -0.15) is 5.10 Å². The van der Waals surface area contributed by atoms with Gasteiger partial charge < -0.3 is 10.1 Å². The highest BCUT2D eigenvalue weighted by molar-refractivity contribution is 5.79. The van der Waals surface area contributed by atoms with Crippen LogP contribution in [0.4, 0.5) is 0 Å². The van der Waals surface area contributed by atoms with E-state index in [1.807, 2.05) is 18.2 Å². The molecule has 1 aromatic carbocycles. The van der Waals surface area contributed by atoms with Crippen LogP contribution < -0.4 is 10.1 Å². The number of aromatic amines is 1. The number of carbonyl (C=O) groups excluding carboxylic acids is 1. The number of aromatic nitrogens is 2. The highest BCUT2D eigenvalue weighted by atomic mass is 16.5. The topological polar surface area (TPSA) is 67.0 Å². The molecule has 0 radical (unpaired) electrons. The Morgan fingerprint density at radius 3 is 2.90 bits per heavy atom. The van der Waals surface area contributed by atoms with Gasteiger partial charge in [0.2, 0.25) is 5.91 Å². The van der Waals surface area contributed by atoms with Crippen LogP contribution in [0.25, 0.3) is 10.9 Å². The van der Waals surface area contributed by atoms with Crippen molar-refractivity contribution < 1.29 is 9.53 Å². The Labute approximate surface area is 117 Å². The summed E-state index contributed by atoms with van der Waals surface area (Å²) in [5, 5.41) is 11.0. The Kier molecular flexibility index (Phi) is 3.58. The van der Waals surface area contributed by atoms with Gasteiger partial charge in [0.1, 0.15) is 5.75 Å². The van der Waals surface area contributed by atoms with Gasteiger partial charge in [0.05, 0.1) is 17.8 Å². The number of nitrogens with one attached hydrogen (secondary N) is 2. The summed E-state index contributed by atoms with van der Waals surface area (Å²) in [6.45, 7) is 1.57. The molecule has 1 aliphatic carbocycles. The maximum absolute atomic E-state index is 11.0. The molecule has 1 aliphatic rings. The molecular weight excluding hydrogens is 254 g/mol. The van der Waals surface area contributed by atoms with Crippen molar-refractivity contribution in [3.05, 3.63) is 24.4 Å². The van der Waals surface area contributed by atoms with Crippen LogP contribution in [0, 0.1) is 0 Å². The van der Waals surface area contributed by atoms with E-state index in [1.165, 1.54) is 0 Å². The van der Waals surface area contributed by atoms with Crippen LogP contribution in [0.15, 0.2) is 24.4 Å². The standard InChI is InChI=1S/C15H19N3O2/c1-10(19)17-12-2-4-13(5-3-12)20-14-6-7-15-11(8-14)9-16-18-15/h6-9,12-13H,2-5H2,1H3,(H,16,18)(H,17,19). The minimum Gasteiger partial charge on any atom is -0.490 e. The highest BCUT2D eigenvalue weighted by Gasteiger charge is 2.22. The van der Waals surface area contributed by atoms with E-state index in [4.69, 9.17) is 4.74 Å². The summed E-state index contributed by atoms with van der Waals surface area (Å²) < 4.78 is 6.03. The fourth-order valence-corrected chi connectivity index (χ4v) is 2.80. The van der Waals surface area contributed by atoms with Crippen LogP contribution >= 0.6 is 0 Å². The third-order valence-corrected chi connectivity index (χ3v) is 3.80. The molecule has 2 N–H and O–H groups in total. The first-order chi connectivity index (χ1) is 9.70. The largest absolute Gasteiger partial charge is 0.490 e. The summed E-state index contributed by atoms with van der Waals surface area (Å²) in [7, 11) is 0. The molecule has 1 aromatic heterocycles. The molecule has 0 aliphatic heterocycles. The number of rotatable bonds is 3. The zero-order valence-corrected chi connectivity index (χ0v) is 11.6. The Morgan fingerprint density at radius 2 is 2.15 bits per heavy atom. The van der Waals surface area contributed by atoms with Crippen molar-refractivity contribution in [2.24, 2.45) is 0 Å². The zero-order valence-electron chi connectivity index (χ0n) is 11.6. The Morgan fingerprint density at radius 1 is 1.35 bits per heavy atom. The van der Waals surface area contributed by atoms with Crippen molar-refractivity contribution >= 4 is 16.8 Å². The summed E-state index contributed by atoms with van der Waals surface area (Å²) in [4.78, 5) is 11.0. The molecule has 1 amide bonds. The molecule has 0 saturated heterocycles. The van der Waals surface area contributed by atoms with E-state index in [0.29, 0.717) is 6.04 Å². The molecule has 0 spiro atoms. The lowest BCUT2D eigenvalue weighted by Gasteiger charge is -2.29. The fraction of sp³-hybridized carbons (Fsp3) is 0.467. The minimum absolute atomic E-state index is 0.0553. The number of benzene rings is 1. The Hall–Kier alpha value is -2.04. The number of nitrogens with zero attached hydrogens (tertiary/aromatic N) is 1. The lowest BCUT2D eigenvalue weighted by atomic mass is 9.93. The molecule has 0 unspecified atom stereocenters. The van der Waals surface area contributed by atoms with Gasteiger partial charge in [0.15, 0.2) is 0 Å². The molecule has 106 valence electrons. The predicted octanol–water partition coefficient (Wildman–Crippen LogP) is 2.39. The summed E-state index contributed by atoms with van der Waals surface area (Å²) in [6, 6.07) is 6.28. The Bertz CT molecular complexity index is 600. The van der Waals surface area contributed by atoms with Crippen LogP contribution in [0.1, 0.15) is 32.6 Å². The summed E-state index contributed by atoms with van der Waals surface area (Å²) in [5.74, 6) is 0.946. The average Bonchev–Trinajstić information content (AvgIpc) is 2.88. The monoisotopic (exact) mass is 273 g/mol. The van der Waals surface area contributed by atoms with Crippen LogP contribution in [0.3, 0.4) is 0 Å².